The highest BCUT2D eigenvalue weighted by atomic mass is 32.1. The summed E-state index contributed by atoms with van der Waals surface area (Å²) in [5.74, 6) is 0. The van der Waals surface area contributed by atoms with Crippen LogP contribution in [0.4, 0.5) is 0 Å². The number of aliphatic hydroxyl groups is 1. The first-order valence-electron chi connectivity index (χ1n) is 6.76. The molecule has 0 aromatic carbocycles. The summed E-state index contributed by atoms with van der Waals surface area (Å²) < 4.78 is 0. The first kappa shape index (κ1) is 13.1. The van der Waals surface area contributed by atoms with Gasteiger partial charge >= 0.3 is 0 Å². The van der Waals surface area contributed by atoms with Crippen LogP contribution in [-0.4, -0.2) is 29.2 Å². The number of rotatable bonds is 4. The molecule has 2 nitrogen and oxygen atoms in total. The highest BCUT2D eigenvalue weighted by Gasteiger charge is 2.20. The minimum atomic E-state index is 0.312. The quantitative estimate of drug-likeness (QED) is 0.891. The van der Waals surface area contributed by atoms with Gasteiger partial charge in [0.1, 0.15) is 0 Å². The average molecular weight is 253 g/mol. The molecule has 1 aromatic rings. The van der Waals surface area contributed by atoms with Gasteiger partial charge in [0, 0.05) is 22.3 Å². The van der Waals surface area contributed by atoms with Crippen molar-refractivity contribution in [1.82, 2.24) is 4.90 Å². The fourth-order valence-electron chi connectivity index (χ4n) is 2.55. The first-order chi connectivity index (χ1) is 8.33. The lowest BCUT2D eigenvalue weighted by atomic mass is 10.1. The average Bonchev–Trinajstić information content (AvgIpc) is 2.68. The topological polar surface area (TPSA) is 23.5 Å². The molecule has 1 aliphatic heterocycles. The van der Waals surface area contributed by atoms with E-state index in [1.165, 1.54) is 29.0 Å². The van der Waals surface area contributed by atoms with Gasteiger partial charge in [-0.2, -0.15) is 0 Å². The second-order valence-corrected chi connectivity index (χ2v) is 6.13. The van der Waals surface area contributed by atoms with Crippen LogP contribution in [-0.2, 0) is 13.0 Å². The van der Waals surface area contributed by atoms with E-state index in [4.69, 9.17) is 0 Å². The van der Waals surface area contributed by atoms with E-state index in [9.17, 15) is 5.11 Å². The van der Waals surface area contributed by atoms with Crippen molar-refractivity contribution in [3.63, 3.8) is 0 Å². The van der Waals surface area contributed by atoms with Crippen molar-refractivity contribution in [1.29, 1.82) is 0 Å². The van der Waals surface area contributed by atoms with Crippen molar-refractivity contribution in [2.75, 3.05) is 13.2 Å². The molecule has 2 rings (SSSR count). The summed E-state index contributed by atoms with van der Waals surface area (Å²) in [6.07, 6.45) is 6.16. The van der Waals surface area contributed by atoms with Gasteiger partial charge in [-0.25, -0.2) is 0 Å². The first-order valence-corrected chi connectivity index (χ1v) is 7.57. The largest absolute Gasteiger partial charge is 0.395 e. The third kappa shape index (κ3) is 3.54. The standard InChI is InChI=1S/C14H23NOS/c1-2-13-7-8-14(17-13)10-15-9-5-3-4-6-12(15)11-16/h7-8,12,16H,2-6,9-11H2,1H3. The minimum Gasteiger partial charge on any atom is -0.395 e. The monoisotopic (exact) mass is 253 g/mol. The Morgan fingerprint density at radius 2 is 2.12 bits per heavy atom. The molecule has 0 aliphatic carbocycles. The fraction of sp³-hybridized carbons (Fsp3) is 0.714. The molecule has 96 valence electrons. The van der Waals surface area contributed by atoms with Gasteiger partial charge < -0.3 is 5.11 Å². The molecule has 0 saturated carbocycles. The number of aliphatic hydroxyl groups excluding tert-OH is 1. The molecule has 0 spiro atoms. The Hall–Kier alpha value is -0.380. The van der Waals surface area contributed by atoms with Gasteiger partial charge in [-0.15, -0.1) is 11.3 Å². The molecule has 0 amide bonds. The molecule has 2 heterocycles. The van der Waals surface area contributed by atoms with Crippen LogP contribution >= 0.6 is 11.3 Å². The lowest BCUT2D eigenvalue weighted by molar-refractivity contribution is 0.119. The highest BCUT2D eigenvalue weighted by molar-refractivity contribution is 7.11. The van der Waals surface area contributed by atoms with Crippen molar-refractivity contribution < 1.29 is 5.11 Å². The molecular weight excluding hydrogens is 230 g/mol. The van der Waals surface area contributed by atoms with Crippen molar-refractivity contribution >= 4 is 11.3 Å². The predicted molar refractivity (Wildman–Crippen MR) is 73.4 cm³/mol. The van der Waals surface area contributed by atoms with Gasteiger partial charge in [-0.1, -0.05) is 19.8 Å². The molecule has 1 N–H and O–H groups in total. The van der Waals surface area contributed by atoms with E-state index in [-0.39, 0.29) is 0 Å². The van der Waals surface area contributed by atoms with Gasteiger partial charge in [-0.05, 0) is 37.9 Å². The van der Waals surface area contributed by atoms with E-state index in [0.29, 0.717) is 12.6 Å². The summed E-state index contributed by atoms with van der Waals surface area (Å²) in [6, 6.07) is 4.87. The number of nitrogens with zero attached hydrogens (tertiary/aromatic N) is 1. The molecule has 3 heteroatoms. The normalized spacial score (nSPS) is 22.6. The third-order valence-corrected chi connectivity index (χ3v) is 4.85. The molecule has 1 fully saturated rings. The summed E-state index contributed by atoms with van der Waals surface area (Å²) in [6.45, 7) is 4.69. The van der Waals surface area contributed by atoms with Crippen LogP contribution in [0, 0.1) is 0 Å². The predicted octanol–water partition coefficient (Wildman–Crippen LogP) is 3.05. The molecule has 1 aliphatic rings. The minimum absolute atomic E-state index is 0.312. The van der Waals surface area contributed by atoms with E-state index in [1.807, 2.05) is 11.3 Å². The zero-order valence-corrected chi connectivity index (χ0v) is 11.5. The fourth-order valence-corrected chi connectivity index (χ4v) is 3.53. The Kier molecular flexibility index (Phi) is 5.01. The Morgan fingerprint density at radius 1 is 1.29 bits per heavy atom. The number of thiophene rings is 1. The third-order valence-electron chi connectivity index (χ3n) is 3.63. The second kappa shape index (κ2) is 6.53. The van der Waals surface area contributed by atoms with Crippen molar-refractivity contribution in [3.05, 3.63) is 21.9 Å². The zero-order valence-electron chi connectivity index (χ0n) is 10.7. The van der Waals surface area contributed by atoms with E-state index in [2.05, 4.69) is 24.0 Å². The lowest BCUT2D eigenvalue weighted by Gasteiger charge is -2.27. The number of aryl methyl sites for hydroxylation is 1. The van der Waals surface area contributed by atoms with Crippen LogP contribution in [0.2, 0.25) is 0 Å². The smallest absolute Gasteiger partial charge is 0.0587 e. The molecular formula is C14H23NOS. The number of hydrogen-bond donors (Lipinski definition) is 1. The molecule has 1 saturated heterocycles. The van der Waals surface area contributed by atoms with Gasteiger partial charge in [0.2, 0.25) is 0 Å². The summed E-state index contributed by atoms with van der Waals surface area (Å²) in [7, 11) is 0. The number of hydrogen-bond acceptors (Lipinski definition) is 3. The second-order valence-electron chi connectivity index (χ2n) is 4.88. The summed E-state index contributed by atoms with van der Waals surface area (Å²) in [5, 5.41) is 9.48. The van der Waals surface area contributed by atoms with E-state index >= 15 is 0 Å². The maximum absolute atomic E-state index is 9.48. The van der Waals surface area contributed by atoms with Crippen LogP contribution < -0.4 is 0 Å². The summed E-state index contributed by atoms with van der Waals surface area (Å²) in [5.41, 5.74) is 0. The van der Waals surface area contributed by atoms with E-state index in [0.717, 1.165) is 25.9 Å². The van der Waals surface area contributed by atoms with Crippen molar-refractivity contribution in [3.8, 4) is 0 Å². The summed E-state index contributed by atoms with van der Waals surface area (Å²) in [4.78, 5) is 5.38. The van der Waals surface area contributed by atoms with Crippen LogP contribution in [0.25, 0.3) is 0 Å². The SMILES string of the molecule is CCc1ccc(CN2CCCCCC2CO)s1. The van der Waals surface area contributed by atoms with Crippen molar-refractivity contribution in [2.45, 2.75) is 51.6 Å². The van der Waals surface area contributed by atoms with Crippen LogP contribution in [0.1, 0.15) is 42.4 Å². The lowest BCUT2D eigenvalue weighted by Crippen LogP contribution is -2.36. The van der Waals surface area contributed by atoms with Gasteiger partial charge in [-0.3, -0.25) is 4.90 Å². The Balaban J connectivity index is 1.99. The molecule has 0 bridgehead atoms. The van der Waals surface area contributed by atoms with Gasteiger partial charge in [0.15, 0.2) is 0 Å². The van der Waals surface area contributed by atoms with E-state index < -0.39 is 0 Å². The van der Waals surface area contributed by atoms with Gasteiger partial charge in [0.05, 0.1) is 6.61 Å². The van der Waals surface area contributed by atoms with Crippen molar-refractivity contribution in [2.24, 2.45) is 0 Å². The molecule has 1 atom stereocenters. The van der Waals surface area contributed by atoms with Gasteiger partial charge in [0.25, 0.3) is 0 Å². The maximum Gasteiger partial charge on any atom is 0.0587 e. The maximum atomic E-state index is 9.48. The Morgan fingerprint density at radius 3 is 2.82 bits per heavy atom. The van der Waals surface area contributed by atoms with Crippen LogP contribution in [0.3, 0.4) is 0 Å². The molecule has 1 aromatic heterocycles. The number of likely N-dealkylation sites (tertiary alicyclic amines) is 1. The van der Waals surface area contributed by atoms with Crippen LogP contribution in [0.15, 0.2) is 12.1 Å². The molecule has 17 heavy (non-hydrogen) atoms. The highest BCUT2D eigenvalue weighted by Crippen LogP contribution is 2.23. The zero-order chi connectivity index (χ0) is 12.1. The van der Waals surface area contributed by atoms with E-state index in [1.54, 1.807) is 0 Å². The molecule has 0 radical (unpaired) electrons. The van der Waals surface area contributed by atoms with Crippen LogP contribution in [0.5, 0.6) is 0 Å². The Labute approximate surface area is 108 Å². The molecule has 1 unspecified atom stereocenters. The summed E-state index contributed by atoms with van der Waals surface area (Å²) >= 11 is 1.92. The Bertz CT molecular complexity index is 337.